The largest absolute Gasteiger partial charge is 0.373 e. The zero-order valence-corrected chi connectivity index (χ0v) is 12.2. The summed E-state index contributed by atoms with van der Waals surface area (Å²) in [5.41, 5.74) is 6.47. The Labute approximate surface area is 119 Å². The topological polar surface area (TPSA) is 97.1 Å². The molecule has 20 heavy (non-hydrogen) atoms. The molecule has 0 saturated carbocycles. The molecule has 0 bridgehead atoms. The van der Waals surface area contributed by atoms with E-state index < -0.39 is 0 Å². The Bertz CT molecular complexity index is 486. The second-order valence-electron chi connectivity index (χ2n) is 4.90. The molecule has 0 atom stereocenters. The summed E-state index contributed by atoms with van der Waals surface area (Å²) in [6.45, 7) is 4.47. The van der Waals surface area contributed by atoms with E-state index in [9.17, 15) is 9.59 Å². The predicted molar refractivity (Wildman–Crippen MR) is 78.6 cm³/mol. The zero-order valence-electron chi connectivity index (χ0n) is 12.2. The van der Waals surface area contributed by atoms with E-state index in [1.54, 1.807) is 19.2 Å². The van der Waals surface area contributed by atoms with E-state index in [1.165, 1.54) is 0 Å². The second kappa shape index (κ2) is 7.47. The molecule has 1 aromatic rings. The number of carbonyl (C=O) groups is 2. The molecule has 0 aliphatic heterocycles. The third kappa shape index (κ3) is 4.87. The first kappa shape index (κ1) is 15.9. The van der Waals surface area contributed by atoms with Crippen LogP contribution in [0.5, 0.6) is 0 Å². The van der Waals surface area contributed by atoms with E-state index in [4.69, 9.17) is 5.73 Å². The summed E-state index contributed by atoms with van der Waals surface area (Å²) >= 11 is 0. The maximum Gasteiger partial charge on any atom is 0.251 e. The molecule has 1 aromatic heterocycles. The average molecular weight is 278 g/mol. The molecule has 110 valence electrons. The molecule has 4 N–H and O–H groups in total. The molecule has 1 heterocycles. The number of nitrogens with zero attached hydrogens (tertiary/aromatic N) is 1. The lowest BCUT2D eigenvalue weighted by Crippen LogP contribution is -2.26. The molecule has 6 heteroatoms. The predicted octanol–water partition coefficient (Wildman–Crippen LogP) is 1.24. The Morgan fingerprint density at radius 1 is 1.35 bits per heavy atom. The molecule has 2 amide bonds. The molecule has 1 rings (SSSR count). The minimum absolute atomic E-state index is 0.171. The van der Waals surface area contributed by atoms with Crippen LogP contribution in [0.2, 0.25) is 0 Å². The third-order valence-corrected chi connectivity index (χ3v) is 2.84. The number of pyridine rings is 1. The molecule has 6 nitrogen and oxygen atoms in total. The first-order valence-electron chi connectivity index (χ1n) is 6.70. The summed E-state index contributed by atoms with van der Waals surface area (Å²) in [5, 5.41) is 5.72. The number of hydrogen-bond acceptors (Lipinski definition) is 4. The summed E-state index contributed by atoms with van der Waals surface area (Å²) in [6.07, 6.45) is 0.817. The van der Waals surface area contributed by atoms with E-state index in [1.807, 2.05) is 13.8 Å². The highest BCUT2D eigenvalue weighted by molar-refractivity contribution is 5.95. The number of nitrogens with one attached hydrogen (secondary N) is 2. The number of aromatic nitrogens is 1. The average Bonchev–Trinajstić information content (AvgIpc) is 2.42. The molecular formula is C14H22N4O2. The number of nitrogens with two attached hydrogens (primary N) is 1. The van der Waals surface area contributed by atoms with E-state index in [0.29, 0.717) is 24.3 Å². The van der Waals surface area contributed by atoms with Gasteiger partial charge in [-0.3, -0.25) is 9.59 Å². The highest BCUT2D eigenvalue weighted by Crippen LogP contribution is 2.17. The Morgan fingerprint density at radius 3 is 2.60 bits per heavy atom. The van der Waals surface area contributed by atoms with Gasteiger partial charge in [0.2, 0.25) is 5.91 Å². The van der Waals surface area contributed by atoms with Gasteiger partial charge in [0.05, 0.1) is 0 Å². The lowest BCUT2D eigenvalue weighted by atomic mass is 10.1. The number of amides is 2. The van der Waals surface area contributed by atoms with Gasteiger partial charge in [-0.2, -0.15) is 0 Å². The first-order valence-corrected chi connectivity index (χ1v) is 6.70. The number of carbonyl (C=O) groups excluding carboxylic acids is 2. The van der Waals surface area contributed by atoms with E-state index in [-0.39, 0.29) is 24.2 Å². The number of primary amides is 1. The van der Waals surface area contributed by atoms with Crippen LogP contribution in [-0.2, 0) is 4.79 Å². The van der Waals surface area contributed by atoms with Crippen LogP contribution in [0, 0.1) is 0 Å². The van der Waals surface area contributed by atoms with Gasteiger partial charge < -0.3 is 16.4 Å². The summed E-state index contributed by atoms with van der Waals surface area (Å²) in [5.74, 6) is 0.376. The Morgan fingerprint density at radius 2 is 2.05 bits per heavy atom. The van der Waals surface area contributed by atoms with Gasteiger partial charge in [0, 0.05) is 31.3 Å². The van der Waals surface area contributed by atoms with Crippen LogP contribution < -0.4 is 16.4 Å². The lowest BCUT2D eigenvalue weighted by Gasteiger charge is -2.11. The van der Waals surface area contributed by atoms with Crippen LogP contribution in [0.4, 0.5) is 5.82 Å². The van der Waals surface area contributed by atoms with Gasteiger partial charge in [0.15, 0.2) is 0 Å². The maximum atomic E-state index is 12.0. The first-order chi connectivity index (χ1) is 9.43. The van der Waals surface area contributed by atoms with Crippen molar-refractivity contribution in [3.8, 4) is 0 Å². The Hall–Kier alpha value is -2.11. The van der Waals surface area contributed by atoms with Crippen molar-refractivity contribution in [2.24, 2.45) is 5.73 Å². The monoisotopic (exact) mass is 278 g/mol. The van der Waals surface area contributed by atoms with Crippen molar-refractivity contribution in [2.75, 3.05) is 18.9 Å². The Kier molecular flexibility index (Phi) is 5.96. The van der Waals surface area contributed by atoms with Gasteiger partial charge in [-0.1, -0.05) is 13.8 Å². The number of anilines is 1. The van der Waals surface area contributed by atoms with Crippen LogP contribution in [0.25, 0.3) is 0 Å². The van der Waals surface area contributed by atoms with E-state index in [0.717, 1.165) is 5.69 Å². The molecular weight excluding hydrogens is 256 g/mol. The van der Waals surface area contributed by atoms with Crippen molar-refractivity contribution in [3.63, 3.8) is 0 Å². The molecule has 0 unspecified atom stereocenters. The van der Waals surface area contributed by atoms with E-state index >= 15 is 0 Å². The quantitative estimate of drug-likeness (QED) is 0.654. The van der Waals surface area contributed by atoms with E-state index in [2.05, 4.69) is 15.6 Å². The molecule has 0 fully saturated rings. The highest BCUT2D eigenvalue weighted by Gasteiger charge is 2.11. The van der Waals surface area contributed by atoms with Crippen molar-refractivity contribution in [2.45, 2.75) is 32.6 Å². The van der Waals surface area contributed by atoms with Gasteiger partial charge in [-0.25, -0.2) is 4.98 Å². The third-order valence-electron chi connectivity index (χ3n) is 2.84. The van der Waals surface area contributed by atoms with Gasteiger partial charge in [0.25, 0.3) is 5.91 Å². The fourth-order valence-electron chi connectivity index (χ4n) is 1.67. The molecule has 0 aromatic carbocycles. The van der Waals surface area contributed by atoms with Crippen LogP contribution in [0.3, 0.4) is 0 Å². The summed E-state index contributed by atoms with van der Waals surface area (Å²) in [6, 6.07) is 3.49. The van der Waals surface area contributed by atoms with Crippen LogP contribution in [-0.4, -0.2) is 30.4 Å². The zero-order chi connectivity index (χ0) is 15.1. The van der Waals surface area contributed by atoms with Gasteiger partial charge in [0.1, 0.15) is 5.82 Å². The molecule has 0 saturated heterocycles. The van der Waals surface area contributed by atoms with Crippen molar-refractivity contribution in [1.29, 1.82) is 0 Å². The molecule has 0 radical (unpaired) electrons. The number of rotatable bonds is 7. The fraction of sp³-hybridized carbons (Fsp3) is 0.500. The van der Waals surface area contributed by atoms with Crippen LogP contribution in [0.15, 0.2) is 12.1 Å². The minimum atomic E-state index is -0.359. The molecule has 0 spiro atoms. The molecule has 0 aliphatic rings. The summed E-state index contributed by atoms with van der Waals surface area (Å²) in [7, 11) is 1.76. The Balaban J connectivity index is 2.71. The number of hydrogen-bond donors (Lipinski definition) is 3. The summed E-state index contributed by atoms with van der Waals surface area (Å²) in [4.78, 5) is 27.1. The van der Waals surface area contributed by atoms with Crippen molar-refractivity contribution >= 4 is 17.6 Å². The molecule has 0 aliphatic carbocycles. The fourth-order valence-corrected chi connectivity index (χ4v) is 1.67. The van der Waals surface area contributed by atoms with Gasteiger partial charge in [-0.05, 0) is 24.5 Å². The highest BCUT2D eigenvalue weighted by atomic mass is 16.2. The van der Waals surface area contributed by atoms with Crippen LogP contribution >= 0.6 is 0 Å². The van der Waals surface area contributed by atoms with Crippen molar-refractivity contribution < 1.29 is 9.59 Å². The van der Waals surface area contributed by atoms with Gasteiger partial charge in [-0.15, -0.1) is 0 Å². The van der Waals surface area contributed by atoms with Crippen molar-refractivity contribution in [3.05, 3.63) is 23.4 Å². The van der Waals surface area contributed by atoms with Gasteiger partial charge >= 0.3 is 0 Å². The van der Waals surface area contributed by atoms with Crippen molar-refractivity contribution in [1.82, 2.24) is 10.3 Å². The standard InChI is InChI=1S/C14H22N4O2/c1-9(2)11-7-10(8-13(16-3)18-11)14(20)17-6-4-5-12(15)19/h7-9H,4-6H2,1-3H3,(H2,15,19)(H,16,18)(H,17,20). The lowest BCUT2D eigenvalue weighted by molar-refractivity contribution is -0.118. The van der Waals surface area contributed by atoms with Crippen LogP contribution in [0.1, 0.15) is 48.7 Å². The maximum absolute atomic E-state index is 12.0. The normalized spacial score (nSPS) is 10.4. The SMILES string of the molecule is CNc1cc(C(=O)NCCCC(N)=O)cc(C(C)C)n1. The second-order valence-corrected chi connectivity index (χ2v) is 4.90. The minimum Gasteiger partial charge on any atom is -0.373 e. The smallest absolute Gasteiger partial charge is 0.251 e. The summed E-state index contributed by atoms with van der Waals surface area (Å²) < 4.78 is 0.